The molecule has 0 aliphatic carbocycles. The van der Waals surface area contributed by atoms with Crippen LogP contribution in [0, 0.1) is 0 Å². The predicted molar refractivity (Wildman–Crippen MR) is 189 cm³/mol. The third kappa shape index (κ3) is 13.6. The SMILES string of the molecule is CCCCCCCCCCCCOc1ccc(C(=O)Oc2ccc(-c3ccc(C(=O)OC(C)CCCCCC)cc3)cc2)cc1Cl. The normalized spacial score (nSPS) is 11.7. The van der Waals surface area contributed by atoms with Gasteiger partial charge in [-0.25, -0.2) is 9.59 Å². The van der Waals surface area contributed by atoms with Crippen molar-refractivity contribution in [3.8, 4) is 22.6 Å². The monoisotopic (exact) mass is 648 g/mol. The van der Waals surface area contributed by atoms with Crippen LogP contribution in [-0.2, 0) is 4.74 Å². The maximum absolute atomic E-state index is 12.8. The molecule has 0 spiro atoms. The van der Waals surface area contributed by atoms with Crippen molar-refractivity contribution in [2.75, 3.05) is 6.61 Å². The average Bonchev–Trinajstić information content (AvgIpc) is 3.06. The van der Waals surface area contributed by atoms with E-state index in [-0.39, 0.29) is 12.1 Å². The largest absolute Gasteiger partial charge is 0.492 e. The van der Waals surface area contributed by atoms with Gasteiger partial charge in [-0.1, -0.05) is 127 Å². The first-order valence-corrected chi connectivity index (χ1v) is 17.8. The highest BCUT2D eigenvalue weighted by Gasteiger charge is 2.14. The Labute approximate surface area is 282 Å². The lowest BCUT2D eigenvalue weighted by atomic mass is 10.0. The van der Waals surface area contributed by atoms with Gasteiger partial charge in [0.15, 0.2) is 0 Å². The lowest BCUT2D eigenvalue weighted by molar-refractivity contribution is 0.0319. The van der Waals surface area contributed by atoms with E-state index in [0.717, 1.165) is 36.8 Å². The molecule has 1 unspecified atom stereocenters. The van der Waals surface area contributed by atoms with Crippen LogP contribution in [0.25, 0.3) is 11.1 Å². The third-order valence-corrected chi connectivity index (χ3v) is 8.51. The van der Waals surface area contributed by atoms with E-state index in [0.29, 0.717) is 34.3 Å². The molecule has 3 rings (SSSR count). The number of benzene rings is 3. The summed E-state index contributed by atoms with van der Waals surface area (Å²) in [6.07, 6.45) is 18.1. The van der Waals surface area contributed by atoms with Crippen molar-refractivity contribution >= 4 is 23.5 Å². The van der Waals surface area contributed by atoms with E-state index in [1.54, 1.807) is 42.5 Å². The lowest BCUT2D eigenvalue weighted by Crippen LogP contribution is -2.15. The van der Waals surface area contributed by atoms with Gasteiger partial charge in [0.2, 0.25) is 0 Å². The molecule has 46 heavy (non-hydrogen) atoms. The molecule has 5 nitrogen and oxygen atoms in total. The molecule has 6 heteroatoms. The van der Waals surface area contributed by atoms with Crippen LogP contribution >= 0.6 is 11.6 Å². The number of carbonyl (C=O) groups excluding carboxylic acids is 2. The van der Waals surface area contributed by atoms with Crippen molar-refractivity contribution in [3.63, 3.8) is 0 Å². The zero-order valence-corrected chi connectivity index (χ0v) is 28.9. The van der Waals surface area contributed by atoms with Crippen molar-refractivity contribution in [2.24, 2.45) is 0 Å². The van der Waals surface area contributed by atoms with Crippen molar-refractivity contribution in [1.82, 2.24) is 0 Å². The molecule has 0 saturated heterocycles. The van der Waals surface area contributed by atoms with Crippen molar-refractivity contribution in [3.05, 3.63) is 82.9 Å². The minimum atomic E-state index is -0.488. The standard InChI is InChI=1S/C40H53ClO5/c1-4-6-8-10-11-12-13-14-15-17-29-44-38-28-25-35(30-37(38)41)40(43)46-36-26-23-33(24-27-36)32-19-21-34(22-20-32)39(42)45-31(3)18-16-9-7-5-2/h19-28,30-31H,4-18,29H2,1-3H3. The molecule has 3 aromatic rings. The fraction of sp³-hybridized carbons (Fsp3) is 0.500. The van der Waals surface area contributed by atoms with Crippen LogP contribution in [0.1, 0.15) is 138 Å². The number of hydrogen-bond acceptors (Lipinski definition) is 5. The second-order valence-corrected chi connectivity index (χ2v) is 12.6. The van der Waals surface area contributed by atoms with E-state index in [1.807, 2.05) is 31.2 Å². The summed E-state index contributed by atoms with van der Waals surface area (Å²) in [6.45, 7) is 6.99. The first-order valence-electron chi connectivity index (χ1n) is 17.5. The van der Waals surface area contributed by atoms with Gasteiger partial charge in [0, 0.05) is 0 Å². The molecule has 0 radical (unpaired) electrons. The Morgan fingerprint density at radius 3 is 1.74 bits per heavy atom. The van der Waals surface area contributed by atoms with Crippen LogP contribution in [-0.4, -0.2) is 24.6 Å². The molecule has 0 aliphatic heterocycles. The van der Waals surface area contributed by atoms with E-state index in [9.17, 15) is 9.59 Å². The maximum atomic E-state index is 12.8. The highest BCUT2D eigenvalue weighted by atomic mass is 35.5. The third-order valence-electron chi connectivity index (χ3n) is 8.21. The fourth-order valence-electron chi connectivity index (χ4n) is 5.36. The molecular formula is C40H53ClO5. The molecule has 250 valence electrons. The Balaban J connectivity index is 1.40. The Morgan fingerprint density at radius 1 is 0.630 bits per heavy atom. The summed E-state index contributed by atoms with van der Waals surface area (Å²) in [7, 11) is 0. The second kappa shape index (κ2) is 21.5. The van der Waals surface area contributed by atoms with Gasteiger partial charge in [-0.2, -0.15) is 0 Å². The lowest BCUT2D eigenvalue weighted by Gasteiger charge is -2.13. The Bertz CT molecular complexity index is 1300. The van der Waals surface area contributed by atoms with E-state index in [1.165, 1.54) is 70.6 Å². The number of carbonyl (C=O) groups is 2. The van der Waals surface area contributed by atoms with E-state index >= 15 is 0 Å². The minimum absolute atomic E-state index is 0.0965. The topological polar surface area (TPSA) is 61.8 Å². The summed E-state index contributed by atoms with van der Waals surface area (Å²) in [6, 6.07) is 19.6. The number of esters is 2. The van der Waals surface area contributed by atoms with Gasteiger partial charge in [-0.3, -0.25) is 0 Å². The highest BCUT2D eigenvalue weighted by Crippen LogP contribution is 2.28. The first kappa shape index (κ1) is 37.2. The molecule has 1 atom stereocenters. The van der Waals surface area contributed by atoms with Crippen LogP contribution < -0.4 is 9.47 Å². The summed E-state index contributed by atoms with van der Waals surface area (Å²) in [5, 5.41) is 0.394. The number of unbranched alkanes of at least 4 members (excludes halogenated alkanes) is 12. The van der Waals surface area contributed by atoms with Gasteiger partial charge in [0.05, 0.1) is 28.9 Å². The average molecular weight is 649 g/mol. The molecule has 0 bridgehead atoms. The van der Waals surface area contributed by atoms with Crippen LogP contribution in [0.5, 0.6) is 11.5 Å². The molecule has 0 aliphatic rings. The molecule has 0 saturated carbocycles. The van der Waals surface area contributed by atoms with Gasteiger partial charge in [0.1, 0.15) is 11.5 Å². The number of rotatable bonds is 22. The van der Waals surface area contributed by atoms with Crippen molar-refractivity contribution in [2.45, 2.75) is 123 Å². The summed E-state index contributed by atoms with van der Waals surface area (Å²) < 4.78 is 17.1. The van der Waals surface area contributed by atoms with E-state index in [2.05, 4.69) is 13.8 Å². The Kier molecular flexibility index (Phi) is 17.3. The zero-order valence-electron chi connectivity index (χ0n) is 28.2. The maximum Gasteiger partial charge on any atom is 0.343 e. The highest BCUT2D eigenvalue weighted by molar-refractivity contribution is 6.32. The molecule has 0 heterocycles. The second-order valence-electron chi connectivity index (χ2n) is 12.2. The summed E-state index contributed by atoms with van der Waals surface area (Å²) in [5.41, 5.74) is 2.78. The van der Waals surface area contributed by atoms with E-state index in [4.69, 9.17) is 25.8 Å². The number of halogens is 1. The van der Waals surface area contributed by atoms with Crippen molar-refractivity contribution in [1.29, 1.82) is 0 Å². The molecular weight excluding hydrogens is 596 g/mol. The first-order chi connectivity index (χ1) is 22.4. The molecule has 0 amide bonds. The minimum Gasteiger partial charge on any atom is -0.492 e. The quantitative estimate of drug-likeness (QED) is 0.0616. The van der Waals surface area contributed by atoms with Gasteiger partial charge in [-0.05, 0) is 79.8 Å². The number of hydrogen-bond donors (Lipinski definition) is 0. The smallest absolute Gasteiger partial charge is 0.343 e. The summed E-state index contributed by atoms with van der Waals surface area (Å²) >= 11 is 6.42. The molecule has 0 aromatic heterocycles. The summed E-state index contributed by atoms with van der Waals surface area (Å²) in [4.78, 5) is 25.3. The van der Waals surface area contributed by atoms with Crippen LogP contribution in [0.2, 0.25) is 5.02 Å². The van der Waals surface area contributed by atoms with Crippen LogP contribution in [0.3, 0.4) is 0 Å². The van der Waals surface area contributed by atoms with Gasteiger partial charge in [-0.15, -0.1) is 0 Å². The predicted octanol–water partition coefficient (Wildman–Crippen LogP) is 12.0. The van der Waals surface area contributed by atoms with Crippen molar-refractivity contribution < 1.29 is 23.8 Å². The van der Waals surface area contributed by atoms with Gasteiger partial charge >= 0.3 is 11.9 Å². The van der Waals surface area contributed by atoms with Crippen LogP contribution in [0.15, 0.2) is 66.7 Å². The summed E-state index contributed by atoms with van der Waals surface area (Å²) in [5.74, 6) is 0.220. The van der Waals surface area contributed by atoms with Crippen LogP contribution in [0.4, 0.5) is 0 Å². The van der Waals surface area contributed by atoms with Gasteiger partial charge in [0.25, 0.3) is 0 Å². The molecule has 0 fully saturated rings. The fourth-order valence-corrected chi connectivity index (χ4v) is 5.60. The Morgan fingerprint density at radius 2 is 1.15 bits per heavy atom. The van der Waals surface area contributed by atoms with E-state index < -0.39 is 5.97 Å². The number of ether oxygens (including phenoxy) is 3. The zero-order chi connectivity index (χ0) is 33.0. The van der Waals surface area contributed by atoms with Gasteiger partial charge < -0.3 is 14.2 Å². The molecule has 0 N–H and O–H groups in total. The Hall–Kier alpha value is -3.31. The molecule has 3 aromatic carbocycles.